The molecule has 2 aliphatic carbocycles. The van der Waals surface area contributed by atoms with E-state index in [9.17, 15) is 14.7 Å². The Labute approximate surface area is 121 Å². The topological polar surface area (TPSA) is 66.4 Å². The SMILES string of the molecule is CCC1CCCC(NC(=O)CC2(C(=O)O)CCCC2)C1. The summed E-state index contributed by atoms with van der Waals surface area (Å²) in [5.41, 5.74) is -0.789. The van der Waals surface area contributed by atoms with Crippen molar-refractivity contribution in [2.75, 3.05) is 0 Å². The van der Waals surface area contributed by atoms with Crippen LogP contribution in [0.3, 0.4) is 0 Å². The Hall–Kier alpha value is -1.06. The highest BCUT2D eigenvalue weighted by molar-refractivity contribution is 5.85. The molecule has 0 aromatic heterocycles. The Morgan fingerprint density at radius 1 is 1.20 bits per heavy atom. The van der Waals surface area contributed by atoms with Crippen LogP contribution in [0.5, 0.6) is 0 Å². The van der Waals surface area contributed by atoms with Crippen molar-refractivity contribution in [3.8, 4) is 0 Å². The van der Waals surface area contributed by atoms with E-state index in [0.717, 1.165) is 25.7 Å². The molecule has 0 bridgehead atoms. The molecular formula is C16H27NO3. The maximum atomic E-state index is 12.2. The molecule has 0 aromatic carbocycles. The number of carboxylic acids is 1. The highest BCUT2D eigenvalue weighted by Crippen LogP contribution is 2.41. The van der Waals surface area contributed by atoms with Crippen LogP contribution >= 0.6 is 0 Å². The molecule has 20 heavy (non-hydrogen) atoms. The Morgan fingerprint density at radius 3 is 2.50 bits per heavy atom. The second-order valence-corrected chi connectivity index (χ2v) is 6.67. The Kier molecular flexibility index (Phi) is 5.06. The van der Waals surface area contributed by atoms with Gasteiger partial charge in [-0.05, 0) is 31.6 Å². The number of carbonyl (C=O) groups excluding carboxylic acids is 1. The summed E-state index contributed by atoms with van der Waals surface area (Å²) in [6.45, 7) is 2.20. The van der Waals surface area contributed by atoms with Gasteiger partial charge in [0.2, 0.25) is 5.91 Å². The number of nitrogens with one attached hydrogen (secondary N) is 1. The molecule has 0 aromatic rings. The monoisotopic (exact) mass is 281 g/mol. The molecule has 0 saturated heterocycles. The summed E-state index contributed by atoms with van der Waals surface area (Å²) in [6, 6.07) is 0.258. The zero-order chi connectivity index (χ0) is 14.6. The molecule has 4 heteroatoms. The molecule has 0 spiro atoms. The molecular weight excluding hydrogens is 254 g/mol. The fourth-order valence-electron chi connectivity index (χ4n) is 3.90. The fraction of sp³-hybridized carbons (Fsp3) is 0.875. The highest BCUT2D eigenvalue weighted by atomic mass is 16.4. The number of hydrogen-bond acceptors (Lipinski definition) is 2. The summed E-state index contributed by atoms with van der Waals surface area (Å²) in [7, 11) is 0. The maximum Gasteiger partial charge on any atom is 0.310 e. The van der Waals surface area contributed by atoms with Gasteiger partial charge in [0.1, 0.15) is 0 Å². The van der Waals surface area contributed by atoms with Crippen molar-refractivity contribution in [1.29, 1.82) is 0 Å². The van der Waals surface area contributed by atoms with Crippen molar-refractivity contribution in [2.24, 2.45) is 11.3 Å². The van der Waals surface area contributed by atoms with Crippen molar-refractivity contribution >= 4 is 11.9 Å². The number of amides is 1. The molecule has 2 rings (SSSR count). The van der Waals surface area contributed by atoms with Gasteiger partial charge in [0.25, 0.3) is 0 Å². The molecule has 2 unspecified atom stereocenters. The van der Waals surface area contributed by atoms with Gasteiger partial charge in [0.05, 0.1) is 5.41 Å². The number of rotatable bonds is 5. The molecule has 2 fully saturated rings. The predicted octanol–water partition coefficient (Wildman–Crippen LogP) is 3.11. The zero-order valence-electron chi connectivity index (χ0n) is 12.5. The van der Waals surface area contributed by atoms with Crippen LogP contribution in [0.2, 0.25) is 0 Å². The van der Waals surface area contributed by atoms with E-state index in [4.69, 9.17) is 0 Å². The Balaban J connectivity index is 1.87. The fourth-order valence-corrected chi connectivity index (χ4v) is 3.90. The lowest BCUT2D eigenvalue weighted by atomic mass is 9.81. The minimum absolute atomic E-state index is 0.0592. The van der Waals surface area contributed by atoms with Crippen LogP contribution in [0.1, 0.15) is 71.1 Å². The molecule has 0 radical (unpaired) electrons. The van der Waals surface area contributed by atoms with E-state index in [-0.39, 0.29) is 18.4 Å². The lowest BCUT2D eigenvalue weighted by Gasteiger charge is -2.30. The lowest BCUT2D eigenvalue weighted by Crippen LogP contribution is -2.42. The number of hydrogen-bond donors (Lipinski definition) is 2. The average Bonchev–Trinajstić information content (AvgIpc) is 2.88. The van der Waals surface area contributed by atoms with Crippen LogP contribution in [-0.4, -0.2) is 23.0 Å². The van der Waals surface area contributed by atoms with Crippen molar-refractivity contribution in [2.45, 2.75) is 77.2 Å². The molecule has 2 saturated carbocycles. The molecule has 4 nitrogen and oxygen atoms in total. The van der Waals surface area contributed by atoms with Crippen LogP contribution in [0.25, 0.3) is 0 Å². The number of aliphatic carboxylic acids is 1. The van der Waals surface area contributed by atoms with Gasteiger partial charge in [-0.3, -0.25) is 9.59 Å². The zero-order valence-corrected chi connectivity index (χ0v) is 12.5. The first-order chi connectivity index (χ1) is 9.55. The Bertz CT molecular complexity index is 361. The van der Waals surface area contributed by atoms with Crippen molar-refractivity contribution < 1.29 is 14.7 Å². The summed E-state index contributed by atoms with van der Waals surface area (Å²) in [5, 5.41) is 12.5. The first-order valence-electron chi connectivity index (χ1n) is 8.08. The average molecular weight is 281 g/mol. The number of carboxylic acid groups (broad SMARTS) is 1. The van der Waals surface area contributed by atoms with Crippen molar-refractivity contribution in [3.05, 3.63) is 0 Å². The third-order valence-corrected chi connectivity index (χ3v) is 5.24. The summed E-state index contributed by atoms with van der Waals surface area (Å²) in [4.78, 5) is 23.7. The molecule has 2 aliphatic rings. The van der Waals surface area contributed by atoms with Gasteiger partial charge in [-0.2, -0.15) is 0 Å². The maximum absolute atomic E-state index is 12.2. The largest absolute Gasteiger partial charge is 0.481 e. The molecule has 2 N–H and O–H groups in total. The van der Waals surface area contributed by atoms with Crippen LogP contribution in [0.15, 0.2) is 0 Å². The standard InChI is InChI=1S/C16H27NO3/c1-2-12-6-5-7-13(10-12)17-14(18)11-16(15(19)20)8-3-4-9-16/h12-13H,2-11H2,1H3,(H,17,18)(H,19,20). The van der Waals surface area contributed by atoms with Gasteiger partial charge in [-0.25, -0.2) is 0 Å². The van der Waals surface area contributed by atoms with Gasteiger partial charge < -0.3 is 10.4 Å². The van der Waals surface area contributed by atoms with Gasteiger partial charge in [0.15, 0.2) is 0 Å². The molecule has 0 heterocycles. The normalized spacial score (nSPS) is 29.1. The molecule has 1 amide bonds. The third kappa shape index (κ3) is 3.53. The predicted molar refractivity (Wildman–Crippen MR) is 77.3 cm³/mol. The van der Waals surface area contributed by atoms with Gasteiger partial charge in [-0.1, -0.05) is 39.0 Å². The van der Waals surface area contributed by atoms with E-state index in [1.165, 1.54) is 19.3 Å². The second-order valence-electron chi connectivity index (χ2n) is 6.67. The minimum atomic E-state index is -0.791. The smallest absolute Gasteiger partial charge is 0.310 e. The summed E-state index contributed by atoms with van der Waals surface area (Å²) in [6.07, 6.45) is 9.04. The van der Waals surface area contributed by atoms with E-state index in [2.05, 4.69) is 12.2 Å². The summed E-state index contributed by atoms with van der Waals surface area (Å²) < 4.78 is 0. The number of carbonyl (C=O) groups is 2. The Morgan fingerprint density at radius 2 is 1.90 bits per heavy atom. The third-order valence-electron chi connectivity index (χ3n) is 5.24. The van der Waals surface area contributed by atoms with E-state index in [1.54, 1.807) is 0 Å². The van der Waals surface area contributed by atoms with E-state index >= 15 is 0 Å². The van der Waals surface area contributed by atoms with Crippen LogP contribution in [0, 0.1) is 11.3 Å². The van der Waals surface area contributed by atoms with E-state index in [0.29, 0.717) is 18.8 Å². The van der Waals surface area contributed by atoms with Crippen LogP contribution in [-0.2, 0) is 9.59 Å². The van der Waals surface area contributed by atoms with Crippen LogP contribution in [0.4, 0.5) is 0 Å². The van der Waals surface area contributed by atoms with E-state index in [1.807, 2.05) is 0 Å². The van der Waals surface area contributed by atoms with Gasteiger partial charge in [-0.15, -0.1) is 0 Å². The quantitative estimate of drug-likeness (QED) is 0.813. The summed E-state index contributed by atoms with van der Waals surface area (Å²) in [5.74, 6) is -0.134. The molecule has 2 atom stereocenters. The van der Waals surface area contributed by atoms with Gasteiger partial charge in [0, 0.05) is 12.5 Å². The molecule has 114 valence electrons. The minimum Gasteiger partial charge on any atom is -0.481 e. The van der Waals surface area contributed by atoms with Crippen LogP contribution < -0.4 is 5.32 Å². The van der Waals surface area contributed by atoms with Crippen molar-refractivity contribution in [3.63, 3.8) is 0 Å². The van der Waals surface area contributed by atoms with Crippen molar-refractivity contribution in [1.82, 2.24) is 5.32 Å². The first-order valence-corrected chi connectivity index (χ1v) is 8.08. The first kappa shape index (κ1) is 15.3. The van der Waals surface area contributed by atoms with Gasteiger partial charge >= 0.3 is 5.97 Å². The molecule has 0 aliphatic heterocycles. The second kappa shape index (κ2) is 6.59. The van der Waals surface area contributed by atoms with E-state index < -0.39 is 11.4 Å². The highest BCUT2D eigenvalue weighted by Gasteiger charge is 2.43. The summed E-state index contributed by atoms with van der Waals surface area (Å²) >= 11 is 0. The lowest BCUT2D eigenvalue weighted by molar-refractivity contribution is -0.151.